The number of nitrogens with zero attached hydrogens (tertiary/aromatic N) is 1. The Kier molecular flexibility index (Phi) is 4.69. The SMILES string of the molecule is CC(C)N(CC(N)=O)c1ccc(C=O)c(Br)c1. The van der Waals surface area contributed by atoms with Crippen molar-refractivity contribution in [3.63, 3.8) is 0 Å². The van der Waals surface area contributed by atoms with Gasteiger partial charge < -0.3 is 10.6 Å². The van der Waals surface area contributed by atoms with Crippen LogP contribution in [0.5, 0.6) is 0 Å². The average molecular weight is 299 g/mol. The third kappa shape index (κ3) is 3.56. The van der Waals surface area contributed by atoms with E-state index in [4.69, 9.17) is 5.73 Å². The van der Waals surface area contributed by atoms with Crippen LogP contribution < -0.4 is 10.6 Å². The normalized spacial score (nSPS) is 10.4. The van der Waals surface area contributed by atoms with E-state index in [1.54, 1.807) is 12.1 Å². The molecule has 0 aliphatic rings. The lowest BCUT2D eigenvalue weighted by atomic mass is 10.2. The standard InChI is InChI=1S/C12H15BrN2O2/c1-8(2)15(6-12(14)17)10-4-3-9(7-16)11(13)5-10/h3-5,7-8H,6H2,1-2H3,(H2,14,17). The van der Waals surface area contributed by atoms with Gasteiger partial charge in [-0.3, -0.25) is 9.59 Å². The van der Waals surface area contributed by atoms with Crippen LogP contribution >= 0.6 is 15.9 Å². The maximum atomic E-state index is 11.0. The number of hydrogen-bond donors (Lipinski definition) is 1. The fourth-order valence-electron chi connectivity index (χ4n) is 1.53. The Morgan fingerprint density at radius 2 is 2.18 bits per heavy atom. The van der Waals surface area contributed by atoms with Crippen LogP contribution in [0.2, 0.25) is 0 Å². The van der Waals surface area contributed by atoms with Crippen molar-refractivity contribution in [3.8, 4) is 0 Å². The van der Waals surface area contributed by atoms with E-state index >= 15 is 0 Å². The van der Waals surface area contributed by atoms with Crippen LogP contribution in [0.25, 0.3) is 0 Å². The Balaban J connectivity index is 3.06. The Morgan fingerprint density at radius 3 is 2.59 bits per heavy atom. The molecule has 17 heavy (non-hydrogen) atoms. The molecule has 0 unspecified atom stereocenters. The van der Waals surface area contributed by atoms with Crippen molar-refractivity contribution in [1.29, 1.82) is 0 Å². The summed E-state index contributed by atoms with van der Waals surface area (Å²) in [4.78, 5) is 23.6. The van der Waals surface area contributed by atoms with Crippen LogP contribution in [0, 0.1) is 0 Å². The molecule has 0 bridgehead atoms. The summed E-state index contributed by atoms with van der Waals surface area (Å²) in [6.45, 7) is 4.11. The van der Waals surface area contributed by atoms with Crippen molar-refractivity contribution >= 4 is 33.8 Å². The number of anilines is 1. The predicted octanol–water partition coefficient (Wildman–Crippen LogP) is 1.96. The predicted molar refractivity (Wildman–Crippen MR) is 71.2 cm³/mol. The minimum absolute atomic E-state index is 0.150. The zero-order valence-corrected chi connectivity index (χ0v) is 11.4. The molecule has 1 aromatic carbocycles. The van der Waals surface area contributed by atoms with Gasteiger partial charge in [0.05, 0.1) is 6.54 Å². The van der Waals surface area contributed by atoms with E-state index in [9.17, 15) is 9.59 Å². The molecule has 0 atom stereocenters. The number of halogens is 1. The molecule has 1 aromatic rings. The molecule has 2 N–H and O–H groups in total. The largest absolute Gasteiger partial charge is 0.368 e. The first kappa shape index (κ1) is 13.7. The zero-order valence-electron chi connectivity index (χ0n) is 9.81. The van der Waals surface area contributed by atoms with Gasteiger partial charge in [0.15, 0.2) is 6.29 Å². The molecular formula is C12H15BrN2O2. The minimum atomic E-state index is -0.380. The van der Waals surface area contributed by atoms with Crippen molar-refractivity contribution in [2.45, 2.75) is 19.9 Å². The zero-order chi connectivity index (χ0) is 13.0. The Bertz CT molecular complexity index is 433. The molecule has 0 saturated carbocycles. The lowest BCUT2D eigenvalue weighted by Gasteiger charge is -2.27. The second-order valence-electron chi connectivity index (χ2n) is 4.01. The lowest BCUT2D eigenvalue weighted by molar-refractivity contribution is -0.116. The Hall–Kier alpha value is -1.36. The summed E-state index contributed by atoms with van der Waals surface area (Å²) in [7, 11) is 0. The quantitative estimate of drug-likeness (QED) is 0.845. The highest BCUT2D eigenvalue weighted by Crippen LogP contribution is 2.24. The number of aldehydes is 1. The number of carbonyl (C=O) groups excluding carboxylic acids is 2. The maximum Gasteiger partial charge on any atom is 0.236 e. The highest BCUT2D eigenvalue weighted by atomic mass is 79.9. The van der Waals surface area contributed by atoms with Gasteiger partial charge in [-0.15, -0.1) is 0 Å². The van der Waals surface area contributed by atoms with E-state index in [0.29, 0.717) is 10.0 Å². The summed E-state index contributed by atoms with van der Waals surface area (Å²) >= 11 is 3.32. The summed E-state index contributed by atoms with van der Waals surface area (Å²) in [5, 5.41) is 0. The van der Waals surface area contributed by atoms with E-state index in [-0.39, 0.29) is 18.5 Å². The fourth-order valence-corrected chi connectivity index (χ4v) is 1.99. The van der Waals surface area contributed by atoms with Crippen LogP contribution in [0.3, 0.4) is 0 Å². The van der Waals surface area contributed by atoms with Crippen LogP contribution in [-0.4, -0.2) is 24.8 Å². The van der Waals surface area contributed by atoms with Gasteiger partial charge in [0.1, 0.15) is 0 Å². The number of carbonyl (C=O) groups is 2. The summed E-state index contributed by atoms with van der Waals surface area (Å²) in [6.07, 6.45) is 0.779. The fraction of sp³-hybridized carbons (Fsp3) is 0.333. The van der Waals surface area contributed by atoms with Crippen molar-refractivity contribution in [2.75, 3.05) is 11.4 Å². The minimum Gasteiger partial charge on any atom is -0.368 e. The Labute approximate surface area is 109 Å². The van der Waals surface area contributed by atoms with E-state index in [0.717, 1.165) is 12.0 Å². The summed E-state index contributed by atoms with van der Waals surface area (Å²) < 4.78 is 0.708. The second kappa shape index (κ2) is 5.82. The third-order valence-corrected chi connectivity index (χ3v) is 3.08. The van der Waals surface area contributed by atoms with Crippen LogP contribution in [0.1, 0.15) is 24.2 Å². The molecule has 0 aliphatic carbocycles. The first-order valence-corrected chi connectivity index (χ1v) is 6.04. The van der Waals surface area contributed by atoms with Crippen LogP contribution in [-0.2, 0) is 4.79 Å². The number of nitrogens with two attached hydrogens (primary N) is 1. The molecule has 0 fully saturated rings. The summed E-state index contributed by atoms with van der Waals surface area (Å²) in [5.74, 6) is -0.380. The van der Waals surface area contributed by atoms with Crippen molar-refractivity contribution in [2.24, 2.45) is 5.73 Å². The van der Waals surface area contributed by atoms with Crippen molar-refractivity contribution < 1.29 is 9.59 Å². The number of benzene rings is 1. The molecule has 1 amide bonds. The Morgan fingerprint density at radius 1 is 1.53 bits per heavy atom. The molecule has 0 aromatic heterocycles. The first-order valence-electron chi connectivity index (χ1n) is 5.25. The van der Waals surface area contributed by atoms with Crippen LogP contribution in [0.15, 0.2) is 22.7 Å². The first-order chi connectivity index (χ1) is 7.95. The number of rotatable bonds is 5. The summed E-state index contributed by atoms with van der Waals surface area (Å²) in [6, 6.07) is 5.48. The maximum absolute atomic E-state index is 11.0. The number of hydrogen-bond acceptors (Lipinski definition) is 3. The van der Waals surface area contributed by atoms with Crippen LogP contribution in [0.4, 0.5) is 5.69 Å². The highest BCUT2D eigenvalue weighted by molar-refractivity contribution is 9.10. The van der Waals surface area contributed by atoms with Gasteiger partial charge in [-0.1, -0.05) is 0 Å². The smallest absolute Gasteiger partial charge is 0.236 e. The van der Waals surface area contributed by atoms with Gasteiger partial charge in [-0.2, -0.15) is 0 Å². The van der Waals surface area contributed by atoms with Crippen molar-refractivity contribution in [3.05, 3.63) is 28.2 Å². The van der Waals surface area contributed by atoms with Gasteiger partial charge in [0.25, 0.3) is 0 Å². The monoisotopic (exact) mass is 298 g/mol. The molecule has 5 heteroatoms. The topological polar surface area (TPSA) is 63.4 Å². The van der Waals surface area contributed by atoms with Gasteiger partial charge in [-0.25, -0.2) is 0 Å². The van der Waals surface area contributed by atoms with E-state index < -0.39 is 0 Å². The van der Waals surface area contributed by atoms with Crippen molar-refractivity contribution in [1.82, 2.24) is 0 Å². The lowest BCUT2D eigenvalue weighted by Crippen LogP contribution is -2.38. The van der Waals surface area contributed by atoms with E-state index in [1.807, 2.05) is 24.8 Å². The summed E-state index contributed by atoms with van der Waals surface area (Å²) in [5.41, 5.74) is 6.65. The van der Waals surface area contributed by atoms with Gasteiger partial charge >= 0.3 is 0 Å². The average Bonchev–Trinajstić information content (AvgIpc) is 2.25. The molecule has 1 rings (SSSR count). The molecule has 0 aliphatic heterocycles. The van der Waals surface area contributed by atoms with Gasteiger partial charge in [-0.05, 0) is 48.0 Å². The number of primary amides is 1. The van der Waals surface area contributed by atoms with Gasteiger partial charge in [0.2, 0.25) is 5.91 Å². The van der Waals surface area contributed by atoms with E-state index in [2.05, 4.69) is 15.9 Å². The molecule has 0 heterocycles. The second-order valence-corrected chi connectivity index (χ2v) is 4.87. The third-order valence-electron chi connectivity index (χ3n) is 2.39. The van der Waals surface area contributed by atoms with E-state index in [1.165, 1.54) is 0 Å². The molecule has 4 nitrogen and oxygen atoms in total. The highest BCUT2D eigenvalue weighted by Gasteiger charge is 2.14. The molecule has 0 spiro atoms. The molecular weight excluding hydrogens is 284 g/mol. The molecule has 92 valence electrons. The van der Waals surface area contributed by atoms with Gasteiger partial charge in [0, 0.05) is 21.8 Å². The number of amides is 1. The molecule has 0 saturated heterocycles. The molecule has 0 radical (unpaired) electrons.